The Morgan fingerprint density at radius 2 is 1.73 bits per heavy atom. The van der Waals surface area contributed by atoms with E-state index in [0.717, 1.165) is 30.6 Å². The molecular weight excluding hydrogens is 299 g/mol. The first-order valence-corrected chi connectivity index (χ1v) is 7.86. The summed E-state index contributed by atoms with van der Waals surface area (Å²) >= 11 is 0. The largest absolute Gasteiger partial charge is 0.481 e. The minimum atomic E-state index is -4.58. The van der Waals surface area contributed by atoms with E-state index in [1.54, 1.807) is 0 Å². The van der Waals surface area contributed by atoms with Gasteiger partial charge in [-0.05, 0) is 12.3 Å². The maximum absolute atomic E-state index is 12.9. The van der Waals surface area contributed by atoms with Crippen LogP contribution in [0.2, 0.25) is 0 Å². The van der Waals surface area contributed by atoms with Crippen molar-refractivity contribution in [3.8, 4) is 0 Å². The number of carboxylic acids is 1. The highest BCUT2D eigenvalue weighted by Gasteiger charge is 2.53. The van der Waals surface area contributed by atoms with Crippen molar-refractivity contribution in [3.63, 3.8) is 0 Å². The van der Waals surface area contributed by atoms with E-state index in [1.807, 2.05) is 0 Å². The molecule has 0 radical (unpaired) electrons. The van der Waals surface area contributed by atoms with Gasteiger partial charge in [0.1, 0.15) is 0 Å². The molecule has 1 aliphatic heterocycles. The molecule has 4 nitrogen and oxygen atoms in total. The van der Waals surface area contributed by atoms with Crippen LogP contribution in [-0.2, 0) is 9.59 Å². The maximum atomic E-state index is 12.9. The fourth-order valence-electron chi connectivity index (χ4n) is 3.55. The fourth-order valence-corrected chi connectivity index (χ4v) is 3.55. The van der Waals surface area contributed by atoms with Gasteiger partial charge in [-0.25, -0.2) is 0 Å². The number of nitrogens with zero attached hydrogens (tertiary/aromatic N) is 1. The number of hydrogen-bond donors (Lipinski definition) is 1. The SMILES string of the molecule is O=C(O)[C@@H]1CN(C(=O)CCC2CCCCC2)C[C@H]1C(F)(F)F. The molecule has 0 aromatic rings. The lowest BCUT2D eigenvalue weighted by atomic mass is 9.86. The first kappa shape index (κ1) is 17.1. The summed E-state index contributed by atoms with van der Waals surface area (Å²) in [6.07, 6.45) is 2.02. The number of likely N-dealkylation sites (tertiary alicyclic amines) is 1. The Morgan fingerprint density at radius 3 is 2.23 bits per heavy atom. The van der Waals surface area contributed by atoms with Crippen molar-refractivity contribution in [2.24, 2.45) is 17.8 Å². The van der Waals surface area contributed by atoms with Crippen molar-refractivity contribution in [3.05, 3.63) is 0 Å². The Kier molecular flexibility index (Phi) is 5.34. The van der Waals surface area contributed by atoms with Crippen LogP contribution >= 0.6 is 0 Å². The smallest absolute Gasteiger partial charge is 0.394 e. The summed E-state index contributed by atoms with van der Waals surface area (Å²) in [5.74, 6) is -4.84. The summed E-state index contributed by atoms with van der Waals surface area (Å²) in [6, 6.07) is 0. The van der Waals surface area contributed by atoms with Crippen molar-refractivity contribution < 1.29 is 27.9 Å². The third-order valence-corrected chi connectivity index (χ3v) is 4.90. The normalized spacial score (nSPS) is 27.1. The van der Waals surface area contributed by atoms with Crippen molar-refractivity contribution in [1.82, 2.24) is 4.90 Å². The zero-order valence-electron chi connectivity index (χ0n) is 12.4. The molecule has 2 fully saturated rings. The van der Waals surface area contributed by atoms with E-state index in [1.165, 1.54) is 6.42 Å². The third-order valence-electron chi connectivity index (χ3n) is 4.90. The van der Waals surface area contributed by atoms with Gasteiger partial charge in [-0.15, -0.1) is 0 Å². The van der Waals surface area contributed by atoms with Crippen LogP contribution in [0.4, 0.5) is 13.2 Å². The van der Waals surface area contributed by atoms with Crippen LogP contribution in [0.5, 0.6) is 0 Å². The predicted molar refractivity (Wildman–Crippen MR) is 73.1 cm³/mol. The average molecular weight is 321 g/mol. The molecule has 22 heavy (non-hydrogen) atoms. The zero-order valence-corrected chi connectivity index (χ0v) is 12.4. The van der Waals surface area contributed by atoms with E-state index in [4.69, 9.17) is 5.11 Å². The van der Waals surface area contributed by atoms with Gasteiger partial charge in [-0.1, -0.05) is 32.1 Å². The summed E-state index contributed by atoms with van der Waals surface area (Å²) in [7, 11) is 0. The molecule has 0 aromatic carbocycles. The molecule has 0 bridgehead atoms. The molecule has 2 rings (SSSR count). The lowest BCUT2D eigenvalue weighted by Gasteiger charge is -2.23. The number of aliphatic carboxylic acids is 1. The van der Waals surface area contributed by atoms with E-state index in [-0.39, 0.29) is 18.9 Å². The number of alkyl halides is 3. The molecule has 1 saturated heterocycles. The second-order valence-electron chi connectivity index (χ2n) is 6.43. The third kappa shape index (κ3) is 4.14. The Balaban J connectivity index is 1.89. The van der Waals surface area contributed by atoms with Gasteiger partial charge in [0.15, 0.2) is 0 Å². The van der Waals surface area contributed by atoms with Gasteiger partial charge in [0.05, 0.1) is 11.8 Å². The van der Waals surface area contributed by atoms with Gasteiger partial charge in [-0.2, -0.15) is 13.2 Å². The molecule has 0 aromatic heterocycles. The number of halogens is 3. The molecule has 7 heteroatoms. The van der Waals surface area contributed by atoms with Gasteiger partial charge in [0.2, 0.25) is 5.91 Å². The highest BCUT2D eigenvalue weighted by atomic mass is 19.4. The van der Waals surface area contributed by atoms with Crippen LogP contribution in [0, 0.1) is 17.8 Å². The molecule has 2 atom stereocenters. The monoisotopic (exact) mass is 321 g/mol. The zero-order chi connectivity index (χ0) is 16.3. The quantitative estimate of drug-likeness (QED) is 0.866. The van der Waals surface area contributed by atoms with Crippen molar-refractivity contribution in [1.29, 1.82) is 0 Å². The van der Waals surface area contributed by atoms with E-state index in [9.17, 15) is 22.8 Å². The molecule has 1 aliphatic carbocycles. The van der Waals surface area contributed by atoms with Gasteiger partial charge >= 0.3 is 12.1 Å². The molecule has 2 aliphatic rings. The molecule has 1 N–H and O–H groups in total. The molecule has 0 spiro atoms. The first-order valence-electron chi connectivity index (χ1n) is 7.86. The topological polar surface area (TPSA) is 57.6 Å². The predicted octanol–water partition coefficient (Wildman–Crippen LogP) is 3.07. The number of carbonyl (C=O) groups is 2. The highest BCUT2D eigenvalue weighted by Crippen LogP contribution is 2.38. The standard InChI is InChI=1S/C15H22F3NO3/c16-15(17,18)12-9-19(8-11(12)14(21)22)13(20)7-6-10-4-2-1-3-5-10/h10-12H,1-9H2,(H,21,22)/t11-,12-/m1/s1. The van der Waals surface area contributed by atoms with E-state index in [2.05, 4.69) is 0 Å². The summed E-state index contributed by atoms with van der Waals surface area (Å²) in [6.45, 7) is -0.854. The van der Waals surface area contributed by atoms with Crippen LogP contribution in [0.15, 0.2) is 0 Å². The summed E-state index contributed by atoms with van der Waals surface area (Å²) in [5.41, 5.74) is 0. The number of amides is 1. The summed E-state index contributed by atoms with van der Waals surface area (Å²) in [4.78, 5) is 24.2. The average Bonchev–Trinajstić information content (AvgIpc) is 2.91. The van der Waals surface area contributed by atoms with E-state index >= 15 is 0 Å². The fraction of sp³-hybridized carbons (Fsp3) is 0.867. The number of hydrogen-bond acceptors (Lipinski definition) is 2. The Morgan fingerprint density at radius 1 is 1.09 bits per heavy atom. The van der Waals surface area contributed by atoms with E-state index in [0.29, 0.717) is 12.3 Å². The molecule has 1 saturated carbocycles. The van der Waals surface area contributed by atoms with Crippen LogP contribution < -0.4 is 0 Å². The molecule has 1 amide bonds. The minimum absolute atomic E-state index is 0.224. The van der Waals surface area contributed by atoms with Crippen molar-refractivity contribution >= 4 is 11.9 Å². The van der Waals surface area contributed by atoms with Crippen LogP contribution in [0.1, 0.15) is 44.9 Å². The van der Waals surface area contributed by atoms with Crippen molar-refractivity contribution in [2.45, 2.75) is 51.1 Å². The molecular formula is C15H22F3NO3. The highest BCUT2D eigenvalue weighted by molar-refractivity contribution is 5.79. The lowest BCUT2D eigenvalue weighted by molar-refractivity contribution is -0.188. The second-order valence-corrected chi connectivity index (χ2v) is 6.43. The summed E-state index contributed by atoms with van der Waals surface area (Å²) in [5, 5.41) is 8.94. The van der Waals surface area contributed by atoms with Gasteiger partial charge < -0.3 is 10.0 Å². The van der Waals surface area contributed by atoms with Crippen LogP contribution in [0.25, 0.3) is 0 Å². The minimum Gasteiger partial charge on any atom is -0.481 e. The van der Waals surface area contributed by atoms with Crippen molar-refractivity contribution in [2.75, 3.05) is 13.1 Å². The van der Waals surface area contributed by atoms with Gasteiger partial charge in [0, 0.05) is 19.5 Å². The van der Waals surface area contributed by atoms with Gasteiger partial charge in [-0.3, -0.25) is 9.59 Å². The lowest BCUT2D eigenvalue weighted by Crippen LogP contribution is -2.34. The molecule has 0 unspecified atom stereocenters. The second kappa shape index (κ2) is 6.87. The Labute approximate surface area is 127 Å². The molecule has 1 heterocycles. The van der Waals surface area contributed by atoms with Crippen LogP contribution in [-0.4, -0.2) is 41.1 Å². The number of carboxylic acid groups (broad SMARTS) is 1. The first-order chi connectivity index (χ1) is 10.3. The Bertz CT molecular complexity index is 419. The Hall–Kier alpha value is -1.27. The maximum Gasteiger partial charge on any atom is 0.394 e. The number of rotatable bonds is 4. The van der Waals surface area contributed by atoms with Gasteiger partial charge in [0.25, 0.3) is 0 Å². The van der Waals surface area contributed by atoms with E-state index < -0.39 is 30.5 Å². The summed E-state index contributed by atoms with van der Waals surface area (Å²) < 4.78 is 38.6. The van der Waals surface area contributed by atoms with Crippen LogP contribution in [0.3, 0.4) is 0 Å². The molecule has 126 valence electrons. The number of carbonyl (C=O) groups excluding carboxylic acids is 1.